The van der Waals surface area contributed by atoms with Crippen molar-refractivity contribution < 1.29 is 9.53 Å². The summed E-state index contributed by atoms with van der Waals surface area (Å²) in [6.45, 7) is 6.69. The molecule has 0 saturated heterocycles. The number of carbonyl (C=O) groups is 1. The molecule has 66 valence electrons. The fourth-order valence-corrected chi connectivity index (χ4v) is 0.315. The zero-order valence-corrected chi connectivity index (χ0v) is 8.00. The Kier molecular flexibility index (Phi) is 6.89. The minimum absolute atomic E-state index is 0.408. The van der Waals surface area contributed by atoms with Gasteiger partial charge in [-0.1, -0.05) is 6.82 Å². The van der Waals surface area contributed by atoms with Crippen LogP contribution in [0.4, 0.5) is 4.79 Å². The van der Waals surface area contributed by atoms with E-state index in [0.29, 0.717) is 4.92 Å². The lowest BCUT2D eigenvalue weighted by molar-refractivity contribution is 0.0391. The van der Waals surface area contributed by atoms with E-state index in [0.717, 1.165) is 0 Å². The van der Waals surface area contributed by atoms with E-state index < -0.39 is 11.7 Å². The Labute approximate surface area is 76.2 Å². The second-order valence-electron chi connectivity index (χ2n) is 2.89. The molecular formula is C6H14B2N2O2. The molecule has 0 rings (SSSR count). The van der Waals surface area contributed by atoms with Crippen molar-refractivity contribution in [3.05, 3.63) is 0 Å². The van der Waals surface area contributed by atoms with Crippen molar-refractivity contribution in [3.63, 3.8) is 0 Å². The third-order valence-corrected chi connectivity index (χ3v) is 0.604. The largest absolute Gasteiger partial charge is 0.444 e. The number of nitrogens with two attached hydrogens (primary N) is 1. The van der Waals surface area contributed by atoms with E-state index in [1.165, 1.54) is 6.82 Å². The predicted octanol–water partition coefficient (Wildman–Crippen LogP) is 0.384. The molecule has 0 saturated carbocycles. The van der Waals surface area contributed by atoms with Gasteiger partial charge in [0.15, 0.2) is 0 Å². The highest BCUT2D eigenvalue weighted by Crippen LogP contribution is 2.07. The Bertz CT molecular complexity index is 134. The molecule has 0 bridgehead atoms. The molecule has 0 atom stereocenters. The molecule has 0 aliphatic heterocycles. The van der Waals surface area contributed by atoms with Gasteiger partial charge in [-0.05, 0) is 20.8 Å². The number of hydrogen-bond acceptors (Lipinski definition) is 3. The van der Waals surface area contributed by atoms with Gasteiger partial charge in [0.2, 0.25) is 0 Å². The van der Waals surface area contributed by atoms with Crippen LogP contribution in [0.15, 0.2) is 0 Å². The highest BCUT2D eigenvalue weighted by Gasteiger charge is 2.16. The van der Waals surface area contributed by atoms with E-state index in [1.807, 2.05) is 0 Å². The molecule has 0 unspecified atom stereocenters. The summed E-state index contributed by atoms with van der Waals surface area (Å²) in [5.41, 5.74) is -0.548. The summed E-state index contributed by atoms with van der Waals surface area (Å²) >= 11 is 0. The Hall–Kier alpha value is -0.640. The molecular weight excluding hydrogens is 154 g/mol. The molecule has 0 aliphatic carbocycles. The molecule has 0 aromatic carbocycles. The van der Waals surface area contributed by atoms with Gasteiger partial charge >= 0.3 is 6.09 Å². The first kappa shape index (κ1) is 13.9. The number of rotatable bonds is 0. The van der Waals surface area contributed by atoms with Crippen LogP contribution in [0.3, 0.4) is 0 Å². The summed E-state index contributed by atoms with van der Waals surface area (Å²) < 4.78 is 4.74. The van der Waals surface area contributed by atoms with Gasteiger partial charge in [0, 0.05) is 0 Å². The normalized spacial score (nSPS) is 9.42. The highest BCUT2D eigenvalue weighted by atomic mass is 16.6. The Balaban J connectivity index is 0. The number of hydrazine groups is 1. The van der Waals surface area contributed by atoms with E-state index in [-0.39, 0.29) is 0 Å². The maximum Gasteiger partial charge on any atom is 0.410 e. The van der Waals surface area contributed by atoms with Gasteiger partial charge in [0.25, 0.3) is 7.98 Å². The second kappa shape index (κ2) is 5.94. The summed E-state index contributed by atoms with van der Waals surface area (Å²) in [5, 5.41) is 0. The summed E-state index contributed by atoms with van der Waals surface area (Å²) in [6.07, 6.45) is -0.743. The molecule has 2 N–H and O–H groups in total. The summed E-state index contributed by atoms with van der Waals surface area (Å²) in [5.74, 6) is 4.88. The minimum atomic E-state index is -0.743. The third-order valence-electron chi connectivity index (χ3n) is 0.604. The van der Waals surface area contributed by atoms with Crippen molar-refractivity contribution >= 4 is 21.9 Å². The molecule has 0 aromatic rings. The summed E-state index contributed by atoms with van der Waals surface area (Å²) in [7, 11) is 9.38. The van der Waals surface area contributed by atoms with Crippen LogP contribution in [0.25, 0.3) is 0 Å². The van der Waals surface area contributed by atoms with Crippen molar-refractivity contribution in [1.29, 1.82) is 0 Å². The van der Waals surface area contributed by atoms with Crippen molar-refractivity contribution in [3.8, 4) is 0 Å². The van der Waals surface area contributed by atoms with E-state index in [1.54, 1.807) is 20.8 Å². The maximum atomic E-state index is 10.6. The summed E-state index contributed by atoms with van der Waals surface area (Å²) in [4.78, 5) is 11.0. The van der Waals surface area contributed by atoms with E-state index in [2.05, 4.69) is 7.85 Å². The number of hydrogen-bond donors (Lipinski definition) is 1. The van der Waals surface area contributed by atoms with Crippen LogP contribution in [0, 0.1) is 0 Å². The fraction of sp³-hybridized carbons (Fsp3) is 0.833. The van der Waals surface area contributed by atoms with Gasteiger partial charge in [-0.15, -0.1) is 0 Å². The van der Waals surface area contributed by atoms with Crippen molar-refractivity contribution in [2.45, 2.75) is 33.2 Å². The topological polar surface area (TPSA) is 55.6 Å². The third kappa shape index (κ3) is 9.36. The second-order valence-corrected chi connectivity index (χ2v) is 2.89. The van der Waals surface area contributed by atoms with Crippen LogP contribution in [0.5, 0.6) is 0 Å². The average Bonchev–Trinajstić information content (AvgIpc) is 1.88. The number of carbonyl (C=O) groups excluding carboxylic acids is 1. The molecule has 4 radical (unpaired) electrons. The minimum Gasteiger partial charge on any atom is -0.444 e. The van der Waals surface area contributed by atoms with Gasteiger partial charge in [-0.2, -0.15) is 0 Å². The molecule has 0 heterocycles. The van der Waals surface area contributed by atoms with Gasteiger partial charge in [0.1, 0.15) is 5.60 Å². The number of nitrogens with zero attached hydrogens (tertiary/aromatic N) is 1. The quantitative estimate of drug-likeness (QED) is 0.246. The van der Waals surface area contributed by atoms with Crippen LogP contribution >= 0.6 is 0 Å². The number of ether oxygens (including phenoxy) is 1. The Morgan fingerprint density at radius 3 is 1.83 bits per heavy atom. The van der Waals surface area contributed by atoms with E-state index in [9.17, 15) is 4.79 Å². The first-order chi connectivity index (χ1) is 5.33. The highest BCUT2D eigenvalue weighted by molar-refractivity contribution is 6.12. The Morgan fingerprint density at radius 2 is 1.75 bits per heavy atom. The van der Waals surface area contributed by atoms with Crippen LogP contribution < -0.4 is 5.84 Å². The molecule has 0 aliphatic rings. The van der Waals surface area contributed by atoms with Gasteiger partial charge in [-0.25, -0.2) is 4.79 Å². The van der Waals surface area contributed by atoms with Crippen LogP contribution in [0.2, 0.25) is 6.82 Å². The SMILES string of the molecule is [B]C.[B]N(N)C(=O)OC(C)(C)C. The molecule has 0 spiro atoms. The standard InChI is InChI=1S/C5H11BN2O2.CH3B/c1-5(2,3)10-4(9)8(6)7;1-2/h7H2,1-3H3;1H3. The lowest BCUT2D eigenvalue weighted by Crippen LogP contribution is -2.39. The van der Waals surface area contributed by atoms with Gasteiger partial charge < -0.3 is 9.66 Å². The predicted molar refractivity (Wildman–Crippen MR) is 49.6 cm³/mol. The zero-order valence-electron chi connectivity index (χ0n) is 8.00. The Morgan fingerprint density at radius 1 is 1.42 bits per heavy atom. The molecule has 1 amide bonds. The molecule has 6 heteroatoms. The van der Waals surface area contributed by atoms with Crippen LogP contribution in [-0.4, -0.2) is 32.4 Å². The fourth-order valence-electron chi connectivity index (χ4n) is 0.315. The lowest BCUT2D eigenvalue weighted by Gasteiger charge is -2.22. The average molecular weight is 168 g/mol. The van der Waals surface area contributed by atoms with Gasteiger partial charge in [-0.3, -0.25) is 5.84 Å². The first-order valence-corrected chi connectivity index (χ1v) is 3.43. The summed E-state index contributed by atoms with van der Waals surface area (Å²) in [6, 6.07) is 0. The zero-order chi connectivity index (χ0) is 10.4. The van der Waals surface area contributed by atoms with Crippen molar-refractivity contribution in [1.82, 2.24) is 4.92 Å². The van der Waals surface area contributed by atoms with E-state index in [4.69, 9.17) is 18.6 Å². The monoisotopic (exact) mass is 168 g/mol. The van der Waals surface area contributed by atoms with Crippen LogP contribution in [0.1, 0.15) is 20.8 Å². The smallest absolute Gasteiger partial charge is 0.410 e. The van der Waals surface area contributed by atoms with Crippen LogP contribution in [-0.2, 0) is 4.74 Å². The molecule has 12 heavy (non-hydrogen) atoms. The van der Waals surface area contributed by atoms with Crippen molar-refractivity contribution in [2.75, 3.05) is 0 Å². The molecule has 4 nitrogen and oxygen atoms in total. The lowest BCUT2D eigenvalue weighted by atomic mass is 10.2. The van der Waals surface area contributed by atoms with E-state index >= 15 is 0 Å². The molecule has 0 fully saturated rings. The molecule has 0 aromatic heterocycles. The van der Waals surface area contributed by atoms with Gasteiger partial charge in [0.05, 0.1) is 7.85 Å². The first-order valence-electron chi connectivity index (χ1n) is 3.43. The number of amides is 1. The maximum absolute atomic E-state index is 10.6. The van der Waals surface area contributed by atoms with Crippen molar-refractivity contribution in [2.24, 2.45) is 5.84 Å².